The molecule has 0 aliphatic rings. The van der Waals surface area contributed by atoms with Gasteiger partial charge in [0.05, 0.1) is 24.9 Å². The first-order chi connectivity index (χ1) is 9.42. The Bertz CT molecular complexity index is 593. The first-order valence-corrected chi connectivity index (χ1v) is 9.74. The zero-order chi connectivity index (χ0) is 14.8. The molecule has 0 saturated heterocycles. The lowest BCUT2D eigenvalue weighted by atomic mass is 10.3. The molecule has 0 unspecified atom stereocenters. The number of fused-ring (bicyclic) bond motifs is 1. The van der Waals surface area contributed by atoms with Gasteiger partial charge in [0.2, 0.25) is 0 Å². The number of nitrogens with zero attached hydrogens (tertiary/aromatic N) is 2. The van der Waals surface area contributed by atoms with Crippen LogP contribution >= 0.6 is 21.6 Å². The van der Waals surface area contributed by atoms with Gasteiger partial charge in [-0.05, 0) is 24.8 Å². The normalized spacial score (nSPS) is 12.8. The molecule has 0 radical (unpaired) electrons. The molecule has 112 valence electrons. The van der Waals surface area contributed by atoms with Gasteiger partial charge in [0, 0.05) is 17.3 Å². The van der Waals surface area contributed by atoms with Gasteiger partial charge in [0.25, 0.3) is 0 Å². The maximum absolute atomic E-state index is 6.26. The van der Waals surface area contributed by atoms with Crippen LogP contribution in [0, 0.1) is 0 Å². The van der Waals surface area contributed by atoms with Gasteiger partial charge in [-0.2, -0.15) is 0 Å². The number of pyridine rings is 1. The SMILES string of the molecule is COc1cnc2c(ccn2COCCS(C)(C)C)c1Cl. The van der Waals surface area contributed by atoms with Gasteiger partial charge in [-0.15, -0.1) is 0 Å². The fourth-order valence-corrected chi connectivity index (χ4v) is 2.70. The average Bonchev–Trinajstić information content (AvgIpc) is 2.78. The highest BCUT2D eigenvalue weighted by Gasteiger charge is 2.11. The quantitative estimate of drug-likeness (QED) is 0.767. The number of hydrogen-bond donors (Lipinski definition) is 0. The van der Waals surface area contributed by atoms with Crippen molar-refractivity contribution in [2.24, 2.45) is 0 Å². The third-order valence-corrected chi connectivity index (χ3v) is 4.76. The van der Waals surface area contributed by atoms with E-state index >= 15 is 0 Å². The fourth-order valence-electron chi connectivity index (χ4n) is 1.81. The molecular formula is C14H21ClN2O2S. The van der Waals surface area contributed by atoms with E-state index in [0.29, 0.717) is 17.5 Å². The van der Waals surface area contributed by atoms with Crippen molar-refractivity contribution < 1.29 is 9.47 Å². The molecule has 0 amide bonds. The van der Waals surface area contributed by atoms with E-state index in [0.717, 1.165) is 23.4 Å². The lowest BCUT2D eigenvalue weighted by Crippen LogP contribution is -2.09. The summed E-state index contributed by atoms with van der Waals surface area (Å²) < 4.78 is 12.9. The molecule has 6 heteroatoms. The monoisotopic (exact) mass is 316 g/mol. The number of halogens is 1. The molecule has 0 N–H and O–H groups in total. The van der Waals surface area contributed by atoms with Crippen LogP contribution in [0.1, 0.15) is 0 Å². The second kappa shape index (κ2) is 6.24. The van der Waals surface area contributed by atoms with Crippen LogP contribution in [0.2, 0.25) is 5.02 Å². The number of hydrogen-bond acceptors (Lipinski definition) is 3. The van der Waals surface area contributed by atoms with Crippen LogP contribution in [0.3, 0.4) is 0 Å². The predicted molar refractivity (Wildman–Crippen MR) is 87.5 cm³/mol. The minimum Gasteiger partial charge on any atom is -0.494 e. The molecule has 0 aromatic carbocycles. The Morgan fingerprint density at radius 2 is 2.10 bits per heavy atom. The van der Waals surface area contributed by atoms with Crippen LogP contribution in [0.25, 0.3) is 11.0 Å². The lowest BCUT2D eigenvalue weighted by molar-refractivity contribution is 0.0923. The van der Waals surface area contributed by atoms with Crippen LogP contribution in [0.4, 0.5) is 0 Å². The number of rotatable bonds is 6. The Kier molecular flexibility index (Phi) is 4.83. The second-order valence-electron chi connectivity index (χ2n) is 5.50. The molecule has 2 heterocycles. The first-order valence-electron chi connectivity index (χ1n) is 6.33. The number of aromatic nitrogens is 2. The molecule has 0 aliphatic heterocycles. The van der Waals surface area contributed by atoms with Crippen molar-refractivity contribution >= 4 is 32.7 Å². The molecule has 0 saturated carbocycles. The summed E-state index contributed by atoms with van der Waals surface area (Å²) in [6, 6.07) is 1.94. The summed E-state index contributed by atoms with van der Waals surface area (Å²) in [5.41, 5.74) is 0.818. The molecule has 2 rings (SSSR count). The third kappa shape index (κ3) is 3.59. The van der Waals surface area contributed by atoms with E-state index in [2.05, 4.69) is 23.8 Å². The van der Waals surface area contributed by atoms with E-state index in [1.165, 1.54) is 0 Å². The molecule has 0 fully saturated rings. The van der Waals surface area contributed by atoms with Gasteiger partial charge < -0.3 is 14.0 Å². The van der Waals surface area contributed by atoms with Gasteiger partial charge in [-0.25, -0.2) is 15.0 Å². The van der Waals surface area contributed by atoms with E-state index in [1.54, 1.807) is 13.3 Å². The predicted octanol–water partition coefficient (Wildman–Crippen LogP) is 3.37. The summed E-state index contributed by atoms with van der Waals surface area (Å²) in [5.74, 6) is 1.70. The highest BCUT2D eigenvalue weighted by Crippen LogP contribution is 2.34. The Morgan fingerprint density at radius 1 is 1.35 bits per heavy atom. The van der Waals surface area contributed by atoms with Gasteiger partial charge in [-0.1, -0.05) is 11.6 Å². The Morgan fingerprint density at radius 3 is 2.75 bits per heavy atom. The highest BCUT2D eigenvalue weighted by molar-refractivity contribution is 8.32. The first kappa shape index (κ1) is 15.5. The van der Waals surface area contributed by atoms with Gasteiger partial charge in [-0.3, -0.25) is 0 Å². The summed E-state index contributed by atoms with van der Waals surface area (Å²) in [6.45, 7) is 1.26. The van der Waals surface area contributed by atoms with E-state index in [1.807, 2.05) is 16.8 Å². The molecule has 0 bridgehead atoms. The van der Waals surface area contributed by atoms with Crippen molar-refractivity contribution in [3.8, 4) is 5.75 Å². The van der Waals surface area contributed by atoms with Crippen molar-refractivity contribution in [3.63, 3.8) is 0 Å². The maximum Gasteiger partial charge on any atom is 0.156 e. The molecule has 2 aromatic rings. The Balaban J connectivity index is 2.07. The standard InChI is InChI=1S/C14H21ClN2O2S/c1-18-12-9-16-14-11(13(12)15)5-6-17(14)10-19-7-8-20(2,3)4/h5-6,9H,7-8,10H2,1-4H3. The zero-order valence-corrected chi connectivity index (χ0v) is 13.9. The van der Waals surface area contributed by atoms with Crippen LogP contribution in [-0.2, 0) is 11.5 Å². The topological polar surface area (TPSA) is 36.3 Å². The summed E-state index contributed by atoms with van der Waals surface area (Å²) in [7, 11) is 1.08. The number of ether oxygens (including phenoxy) is 2. The molecule has 0 spiro atoms. The maximum atomic E-state index is 6.26. The van der Waals surface area contributed by atoms with Crippen LogP contribution in [0.15, 0.2) is 18.5 Å². The Labute approximate surface area is 126 Å². The smallest absolute Gasteiger partial charge is 0.156 e. The second-order valence-corrected chi connectivity index (χ2v) is 10.5. The fraction of sp³-hybridized carbons (Fsp3) is 0.500. The molecule has 0 atom stereocenters. The van der Waals surface area contributed by atoms with Crippen LogP contribution in [0.5, 0.6) is 5.75 Å². The van der Waals surface area contributed by atoms with Crippen molar-refractivity contribution in [1.29, 1.82) is 0 Å². The van der Waals surface area contributed by atoms with Gasteiger partial charge in [0.1, 0.15) is 12.4 Å². The highest BCUT2D eigenvalue weighted by atomic mass is 35.5. The average molecular weight is 317 g/mol. The third-order valence-electron chi connectivity index (χ3n) is 2.98. The summed E-state index contributed by atoms with van der Waals surface area (Å²) >= 11 is 6.26. The lowest BCUT2D eigenvalue weighted by Gasteiger charge is -2.24. The number of methoxy groups -OCH3 is 1. The van der Waals surface area contributed by atoms with E-state index in [4.69, 9.17) is 21.1 Å². The van der Waals surface area contributed by atoms with Crippen molar-refractivity contribution in [1.82, 2.24) is 9.55 Å². The van der Waals surface area contributed by atoms with Crippen LogP contribution in [-0.4, -0.2) is 47.8 Å². The van der Waals surface area contributed by atoms with Crippen molar-refractivity contribution in [2.45, 2.75) is 6.73 Å². The van der Waals surface area contributed by atoms with Crippen LogP contribution < -0.4 is 4.74 Å². The minimum atomic E-state index is -0.511. The van der Waals surface area contributed by atoms with Gasteiger partial charge >= 0.3 is 0 Å². The van der Waals surface area contributed by atoms with E-state index in [-0.39, 0.29) is 0 Å². The van der Waals surface area contributed by atoms with E-state index < -0.39 is 10.0 Å². The molecule has 0 aliphatic carbocycles. The van der Waals surface area contributed by atoms with Crippen molar-refractivity contribution in [2.75, 3.05) is 38.2 Å². The molecule has 4 nitrogen and oxygen atoms in total. The van der Waals surface area contributed by atoms with E-state index in [9.17, 15) is 0 Å². The van der Waals surface area contributed by atoms with Crippen molar-refractivity contribution in [3.05, 3.63) is 23.5 Å². The Hall–Kier alpha value is -0.910. The molecule has 2 aromatic heterocycles. The zero-order valence-electron chi connectivity index (χ0n) is 12.4. The largest absolute Gasteiger partial charge is 0.494 e. The molecule has 20 heavy (non-hydrogen) atoms. The molecular weight excluding hydrogens is 296 g/mol. The van der Waals surface area contributed by atoms with Gasteiger partial charge in [0.15, 0.2) is 5.75 Å². The summed E-state index contributed by atoms with van der Waals surface area (Å²) in [4.78, 5) is 4.38. The summed E-state index contributed by atoms with van der Waals surface area (Å²) in [5, 5.41) is 1.48. The minimum absolute atomic E-state index is 0.495. The summed E-state index contributed by atoms with van der Waals surface area (Å²) in [6.07, 6.45) is 10.4.